The predicted octanol–water partition coefficient (Wildman–Crippen LogP) is 3.30. The summed E-state index contributed by atoms with van der Waals surface area (Å²) in [5.41, 5.74) is 0. The summed E-state index contributed by atoms with van der Waals surface area (Å²) in [5.74, 6) is 0.224. The number of benzene rings is 1. The van der Waals surface area contributed by atoms with E-state index in [2.05, 4.69) is 0 Å². The van der Waals surface area contributed by atoms with Crippen molar-refractivity contribution in [3.63, 3.8) is 0 Å². The van der Waals surface area contributed by atoms with Gasteiger partial charge in [-0.1, -0.05) is 11.6 Å². The Hall–Kier alpha value is -0.710. The molecule has 0 bridgehead atoms. The van der Waals surface area contributed by atoms with Gasteiger partial charge < -0.3 is 10.2 Å². The van der Waals surface area contributed by atoms with Crippen molar-refractivity contribution >= 4 is 29.3 Å². The van der Waals surface area contributed by atoms with E-state index in [1.807, 2.05) is 24.3 Å². The van der Waals surface area contributed by atoms with Gasteiger partial charge in [-0.25, -0.2) is 0 Å². The van der Waals surface area contributed by atoms with Crippen molar-refractivity contribution in [2.75, 3.05) is 12.4 Å². The first-order valence-electron chi connectivity index (χ1n) is 5.25. The van der Waals surface area contributed by atoms with E-state index in [9.17, 15) is 0 Å². The van der Waals surface area contributed by atoms with Crippen LogP contribution in [0.5, 0.6) is 0 Å². The zero-order valence-corrected chi connectivity index (χ0v) is 11.3. The van der Waals surface area contributed by atoms with Gasteiger partial charge in [0, 0.05) is 23.4 Å². The zero-order valence-electron chi connectivity index (χ0n) is 9.73. The maximum Gasteiger partial charge on any atom is 0.300 e. The average molecular weight is 277 g/mol. The maximum absolute atomic E-state index is 9.00. The number of hydrogen-bond donors (Lipinski definition) is 2. The molecule has 0 heterocycles. The van der Waals surface area contributed by atoms with Crippen LogP contribution >= 0.6 is 23.4 Å². The lowest BCUT2D eigenvalue weighted by Gasteiger charge is -2.00. The molecule has 0 aliphatic rings. The zero-order chi connectivity index (χ0) is 13.1. The molecule has 17 heavy (non-hydrogen) atoms. The number of aliphatic hydroxyl groups excluding tert-OH is 1. The standard InChI is InChI=1S/C10H13ClOS.C2H4O2/c11-9-3-5-10(6-4-9)13-8-2-1-7-12;1-2(3)4/h3-6,12H,1-2,7-8H2;1H3,(H,3,4). The van der Waals surface area contributed by atoms with E-state index in [0.717, 1.165) is 30.5 Å². The minimum atomic E-state index is -0.833. The van der Waals surface area contributed by atoms with E-state index >= 15 is 0 Å². The number of thioether (sulfide) groups is 1. The van der Waals surface area contributed by atoms with Crippen molar-refractivity contribution in [2.45, 2.75) is 24.7 Å². The molecule has 0 aliphatic heterocycles. The van der Waals surface area contributed by atoms with E-state index in [0.29, 0.717) is 6.61 Å². The fourth-order valence-corrected chi connectivity index (χ4v) is 1.97. The molecule has 0 unspecified atom stereocenters. The second-order valence-electron chi connectivity index (χ2n) is 3.25. The van der Waals surface area contributed by atoms with Crippen LogP contribution in [0.3, 0.4) is 0 Å². The molecular weight excluding hydrogens is 260 g/mol. The van der Waals surface area contributed by atoms with Crippen molar-refractivity contribution in [3.8, 4) is 0 Å². The summed E-state index contributed by atoms with van der Waals surface area (Å²) in [5, 5.41) is 16.8. The van der Waals surface area contributed by atoms with Crippen LogP contribution in [-0.4, -0.2) is 28.5 Å². The van der Waals surface area contributed by atoms with Crippen LogP contribution in [0.2, 0.25) is 5.02 Å². The molecular formula is C12H17ClO3S. The fourth-order valence-electron chi connectivity index (χ4n) is 0.935. The quantitative estimate of drug-likeness (QED) is 0.640. The molecule has 0 atom stereocenters. The van der Waals surface area contributed by atoms with Crippen molar-refractivity contribution in [1.29, 1.82) is 0 Å². The molecule has 3 nitrogen and oxygen atoms in total. The molecule has 1 aromatic carbocycles. The Bertz CT molecular complexity index is 310. The maximum atomic E-state index is 9.00. The molecule has 0 saturated carbocycles. The molecule has 0 aliphatic carbocycles. The summed E-state index contributed by atoms with van der Waals surface area (Å²) < 4.78 is 0. The fraction of sp³-hybridized carbons (Fsp3) is 0.417. The molecule has 2 N–H and O–H groups in total. The second kappa shape index (κ2) is 10.4. The topological polar surface area (TPSA) is 57.5 Å². The number of carboxylic acids is 1. The monoisotopic (exact) mass is 276 g/mol. The number of carboxylic acid groups (broad SMARTS) is 1. The molecule has 1 rings (SSSR count). The van der Waals surface area contributed by atoms with Crippen LogP contribution in [0.1, 0.15) is 19.8 Å². The highest BCUT2D eigenvalue weighted by atomic mass is 35.5. The highest BCUT2D eigenvalue weighted by Crippen LogP contribution is 2.21. The molecule has 0 radical (unpaired) electrons. The molecule has 0 spiro atoms. The van der Waals surface area contributed by atoms with Gasteiger partial charge in [0.15, 0.2) is 0 Å². The van der Waals surface area contributed by atoms with E-state index in [-0.39, 0.29) is 0 Å². The Balaban J connectivity index is 0.000000557. The lowest BCUT2D eigenvalue weighted by molar-refractivity contribution is -0.134. The van der Waals surface area contributed by atoms with Crippen LogP contribution < -0.4 is 0 Å². The van der Waals surface area contributed by atoms with Crippen molar-refractivity contribution in [2.24, 2.45) is 0 Å². The molecule has 5 heteroatoms. The smallest absolute Gasteiger partial charge is 0.300 e. The lowest BCUT2D eigenvalue weighted by atomic mass is 10.4. The van der Waals surface area contributed by atoms with Gasteiger partial charge in [0.2, 0.25) is 0 Å². The van der Waals surface area contributed by atoms with Gasteiger partial charge in [-0.2, -0.15) is 0 Å². The number of rotatable bonds is 5. The minimum Gasteiger partial charge on any atom is -0.481 e. The van der Waals surface area contributed by atoms with Gasteiger partial charge in [0.05, 0.1) is 0 Å². The van der Waals surface area contributed by atoms with Crippen molar-refractivity contribution in [1.82, 2.24) is 0 Å². The van der Waals surface area contributed by atoms with Gasteiger partial charge in [-0.05, 0) is 42.9 Å². The minimum absolute atomic E-state index is 0.293. The first-order valence-corrected chi connectivity index (χ1v) is 6.61. The summed E-state index contributed by atoms with van der Waals surface area (Å²) in [6, 6.07) is 7.84. The summed E-state index contributed by atoms with van der Waals surface area (Å²) in [7, 11) is 0. The summed E-state index contributed by atoms with van der Waals surface area (Å²) in [4.78, 5) is 10.2. The number of carbonyl (C=O) groups is 1. The predicted molar refractivity (Wildman–Crippen MR) is 71.8 cm³/mol. The van der Waals surface area contributed by atoms with Gasteiger partial charge in [0.25, 0.3) is 5.97 Å². The highest BCUT2D eigenvalue weighted by molar-refractivity contribution is 7.99. The van der Waals surface area contributed by atoms with Crippen LogP contribution in [-0.2, 0) is 4.79 Å². The number of aliphatic carboxylic acids is 1. The first-order chi connectivity index (χ1) is 8.06. The third kappa shape index (κ3) is 11.6. The molecule has 0 saturated heterocycles. The van der Waals surface area contributed by atoms with Gasteiger partial charge in [-0.3, -0.25) is 4.79 Å². The van der Waals surface area contributed by atoms with Gasteiger partial charge >= 0.3 is 0 Å². The van der Waals surface area contributed by atoms with Gasteiger partial charge in [-0.15, -0.1) is 11.8 Å². The molecule has 0 aromatic heterocycles. The Kier molecular flexibility index (Phi) is 10.0. The van der Waals surface area contributed by atoms with E-state index in [1.165, 1.54) is 4.90 Å². The summed E-state index contributed by atoms with van der Waals surface area (Å²) in [6.45, 7) is 1.38. The normalized spacial score (nSPS) is 9.35. The van der Waals surface area contributed by atoms with Crippen molar-refractivity contribution < 1.29 is 15.0 Å². The number of hydrogen-bond acceptors (Lipinski definition) is 3. The van der Waals surface area contributed by atoms with E-state index in [1.54, 1.807) is 11.8 Å². The third-order valence-electron chi connectivity index (χ3n) is 1.63. The molecule has 0 amide bonds. The molecule has 0 fully saturated rings. The number of unbranched alkanes of at least 4 members (excludes halogenated alkanes) is 1. The average Bonchev–Trinajstić information content (AvgIpc) is 2.26. The van der Waals surface area contributed by atoms with Crippen LogP contribution in [0.25, 0.3) is 0 Å². The van der Waals surface area contributed by atoms with Crippen LogP contribution in [0.4, 0.5) is 0 Å². The summed E-state index contributed by atoms with van der Waals surface area (Å²) >= 11 is 7.55. The Morgan fingerprint density at radius 3 is 2.29 bits per heavy atom. The molecule has 96 valence electrons. The second-order valence-corrected chi connectivity index (χ2v) is 4.86. The van der Waals surface area contributed by atoms with Crippen LogP contribution in [0, 0.1) is 0 Å². The third-order valence-corrected chi connectivity index (χ3v) is 2.99. The van der Waals surface area contributed by atoms with E-state index in [4.69, 9.17) is 26.6 Å². The Morgan fingerprint density at radius 1 is 1.29 bits per heavy atom. The summed E-state index contributed by atoms with van der Waals surface area (Å²) in [6.07, 6.45) is 1.95. The Labute approximate surface area is 111 Å². The number of aliphatic hydroxyl groups is 1. The Morgan fingerprint density at radius 2 is 1.82 bits per heavy atom. The number of halogens is 1. The first kappa shape index (κ1) is 16.3. The highest BCUT2D eigenvalue weighted by Gasteiger charge is 1.93. The van der Waals surface area contributed by atoms with Crippen molar-refractivity contribution in [3.05, 3.63) is 29.3 Å². The SMILES string of the molecule is CC(=O)O.OCCCCSc1ccc(Cl)cc1. The molecule has 1 aromatic rings. The van der Waals surface area contributed by atoms with E-state index < -0.39 is 5.97 Å². The van der Waals surface area contributed by atoms with Crippen LogP contribution in [0.15, 0.2) is 29.2 Å². The lowest BCUT2D eigenvalue weighted by Crippen LogP contribution is -1.85. The van der Waals surface area contributed by atoms with Gasteiger partial charge in [0.1, 0.15) is 0 Å². The largest absolute Gasteiger partial charge is 0.481 e.